The van der Waals surface area contributed by atoms with Crippen LogP contribution in [0.3, 0.4) is 0 Å². The first kappa shape index (κ1) is 19.2. The van der Waals surface area contributed by atoms with Gasteiger partial charge in [0.1, 0.15) is 5.69 Å². The topological polar surface area (TPSA) is 55.2 Å². The minimum absolute atomic E-state index is 0.0309. The van der Waals surface area contributed by atoms with Crippen LogP contribution in [-0.4, -0.2) is 39.5 Å². The molecule has 148 valence electrons. The normalized spacial score (nSPS) is 18.4. The maximum Gasteiger partial charge on any atom is 0.253 e. The van der Waals surface area contributed by atoms with Gasteiger partial charge < -0.3 is 4.90 Å². The Bertz CT molecular complexity index is 926. The van der Waals surface area contributed by atoms with Gasteiger partial charge in [-0.25, -0.2) is 0 Å². The van der Waals surface area contributed by atoms with Gasteiger partial charge in [-0.1, -0.05) is 18.5 Å². The number of aryl methyl sites for hydroxylation is 2. The number of carbonyl (C=O) groups excluding carboxylic acids is 2. The summed E-state index contributed by atoms with van der Waals surface area (Å²) in [5.74, 6) is 0.258. The minimum atomic E-state index is -0.0309. The number of nitrogens with zero attached hydrogens (tertiary/aromatic N) is 3. The summed E-state index contributed by atoms with van der Waals surface area (Å²) in [6.45, 7) is 6.17. The van der Waals surface area contributed by atoms with Gasteiger partial charge in [-0.05, 0) is 61.8 Å². The number of aromatic nitrogens is 2. The van der Waals surface area contributed by atoms with E-state index in [9.17, 15) is 9.59 Å². The average molecular weight is 400 g/mol. The number of Topliss-reactive ketones (excluding diaryl/α,β-unsaturated/α-hetero) is 1. The maximum absolute atomic E-state index is 12.9. The molecule has 0 radical (unpaired) electrons. The van der Waals surface area contributed by atoms with Crippen LogP contribution in [-0.2, 0) is 13.0 Å². The Morgan fingerprint density at radius 3 is 2.68 bits per heavy atom. The predicted molar refractivity (Wildman–Crippen MR) is 109 cm³/mol. The molecule has 2 aromatic rings. The highest BCUT2D eigenvalue weighted by atomic mass is 35.5. The number of rotatable bonds is 3. The van der Waals surface area contributed by atoms with Crippen molar-refractivity contribution in [2.75, 3.05) is 13.1 Å². The molecule has 4 rings (SSSR count). The van der Waals surface area contributed by atoms with Crippen molar-refractivity contribution in [1.29, 1.82) is 0 Å². The molecular weight excluding hydrogens is 374 g/mol. The van der Waals surface area contributed by atoms with Crippen molar-refractivity contribution in [2.24, 2.45) is 5.41 Å². The van der Waals surface area contributed by atoms with Crippen LogP contribution in [0, 0.1) is 12.3 Å². The Morgan fingerprint density at radius 2 is 2.00 bits per heavy atom. The largest absolute Gasteiger partial charge is 0.339 e. The monoisotopic (exact) mass is 399 g/mol. The average Bonchev–Trinajstić information content (AvgIpc) is 3.07. The van der Waals surface area contributed by atoms with E-state index in [2.05, 4.69) is 12.0 Å². The SMILES string of the molecule is CCCn1ncc2c1C(=O)CC1(CCN(C(=O)c3ccc(Cl)c(C)c3)CC1)C2. The molecule has 1 saturated heterocycles. The first-order valence-electron chi connectivity index (χ1n) is 10.1. The highest BCUT2D eigenvalue weighted by Crippen LogP contribution is 2.43. The van der Waals surface area contributed by atoms with E-state index >= 15 is 0 Å². The van der Waals surface area contributed by atoms with Crippen LogP contribution in [0.2, 0.25) is 5.02 Å². The molecule has 1 aliphatic carbocycles. The standard InChI is InChI=1S/C22H26ClN3O2/c1-3-8-26-20-17(14-24-26)12-22(13-19(20)27)6-9-25(10-7-22)21(28)16-4-5-18(23)15(2)11-16/h4-5,11,14H,3,6-10,12-13H2,1-2H3. The molecule has 28 heavy (non-hydrogen) atoms. The molecule has 0 saturated carbocycles. The number of halogens is 1. The molecule has 1 amide bonds. The van der Waals surface area contributed by atoms with Gasteiger partial charge in [-0.3, -0.25) is 14.3 Å². The minimum Gasteiger partial charge on any atom is -0.339 e. The Morgan fingerprint density at radius 1 is 1.25 bits per heavy atom. The number of carbonyl (C=O) groups is 2. The number of piperidine rings is 1. The third-order valence-electron chi connectivity index (χ3n) is 6.23. The lowest BCUT2D eigenvalue weighted by molar-refractivity contribution is 0.0518. The summed E-state index contributed by atoms with van der Waals surface area (Å²) in [6.07, 6.45) is 6.01. The van der Waals surface area contributed by atoms with Crippen molar-refractivity contribution >= 4 is 23.3 Å². The van der Waals surface area contributed by atoms with Crippen molar-refractivity contribution < 1.29 is 9.59 Å². The molecular formula is C22H26ClN3O2. The van der Waals surface area contributed by atoms with Crippen molar-refractivity contribution in [1.82, 2.24) is 14.7 Å². The number of amides is 1. The summed E-state index contributed by atoms with van der Waals surface area (Å²) < 4.78 is 1.87. The van der Waals surface area contributed by atoms with Gasteiger partial charge in [0.15, 0.2) is 5.78 Å². The molecule has 1 aliphatic heterocycles. The molecule has 0 bridgehead atoms. The van der Waals surface area contributed by atoms with Crippen LogP contribution < -0.4 is 0 Å². The molecule has 6 heteroatoms. The number of benzene rings is 1. The molecule has 0 atom stereocenters. The fourth-order valence-electron chi connectivity index (χ4n) is 4.65. The van der Waals surface area contributed by atoms with Crippen molar-refractivity contribution in [2.45, 2.75) is 52.5 Å². The quantitative estimate of drug-likeness (QED) is 0.772. The van der Waals surface area contributed by atoms with E-state index < -0.39 is 0 Å². The number of hydrogen-bond donors (Lipinski definition) is 0. The van der Waals surface area contributed by atoms with Crippen LogP contribution in [0.4, 0.5) is 0 Å². The number of hydrogen-bond acceptors (Lipinski definition) is 3. The fraction of sp³-hybridized carbons (Fsp3) is 0.500. The Labute approximate surface area is 170 Å². The fourth-order valence-corrected chi connectivity index (χ4v) is 4.76. The summed E-state index contributed by atoms with van der Waals surface area (Å²) >= 11 is 6.08. The molecule has 1 fully saturated rings. The molecule has 5 nitrogen and oxygen atoms in total. The van der Waals surface area contributed by atoms with Crippen molar-refractivity contribution in [3.8, 4) is 0 Å². The van der Waals surface area contributed by atoms with Gasteiger partial charge in [-0.2, -0.15) is 5.10 Å². The smallest absolute Gasteiger partial charge is 0.253 e. The zero-order valence-corrected chi connectivity index (χ0v) is 17.3. The second-order valence-corrected chi connectivity index (χ2v) is 8.68. The van der Waals surface area contributed by atoms with Gasteiger partial charge in [0, 0.05) is 42.2 Å². The van der Waals surface area contributed by atoms with E-state index in [1.807, 2.05) is 28.8 Å². The predicted octanol–water partition coefficient (Wildman–Crippen LogP) is 4.31. The van der Waals surface area contributed by atoms with Crippen molar-refractivity contribution in [3.63, 3.8) is 0 Å². The van der Waals surface area contributed by atoms with E-state index in [1.165, 1.54) is 0 Å². The van der Waals surface area contributed by atoms with Crippen LogP contribution in [0.1, 0.15) is 64.6 Å². The van der Waals surface area contributed by atoms with Crippen LogP contribution in [0.5, 0.6) is 0 Å². The van der Waals surface area contributed by atoms with E-state index in [0.717, 1.165) is 49.0 Å². The Hall–Kier alpha value is -2.14. The highest BCUT2D eigenvalue weighted by molar-refractivity contribution is 6.31. The van der Waals surface area contributed by atoms with Gasteiger partial charge in [0.25, 0.3) is 5.91 Å². The van der Waals surface area contributed by atoms with Crippen molar-refractivity contribution in [3.05, 3.63) is 51.8 Å². The van der Waals surface area contributed by atoms with Gasteiger partial charge in [-0.15, -0.1) is 0 Å². The third-order valence-corrected chi connectivity index (χ3v) is 6.66. The number of fused-ring (bicyclic) bond motifs is 1. The molecule has 1 aromatic heterocycles. The molecule has 0 unspecified atom stereocenters. The summed E-state index contributed by atoms with van der Waals surface area (Å²) in [5.41, 5.74) is 3.45. The summed E-state index contributed by atoms with van der Waals surface area (Å²) in [7, 11) is 0. The lowest BCUT2D eigenvalue weighted by Crippen LogP contribution is -2.46. The molecule has 1 spiro atoms. The van der Waals surface area contributed by atoms with E-state index in [4.69, 9.17) is 11.6 Å². The highest BCUT2D eigenvalue weighted by Gasteiger charge is 2.43. The second kappa shape index (κ2) is 7.36. The van der Waals surface area contributed by atoms with Gasteiger partial charge in [0.2, 0.25) is 0 Å². The third kappa shape index (κ3) is 3.37. The zero-order chi connectivity index (χ0) is 19.9. The summed E-state index contributed by atoms with van der Waals surface area (Å²) in [5, 5.41) is 5.11. The van der Waals surface area contributed by atoms with E-state index in [1.54, 1.807) is 12.1 Å². The van der Waals surface area contributed by atoms with Crippen LogP contribution in [0.25, 0.3) is 0 Å². The first-order chi connectivity index (χ1) is 13.4. The first-order valence-corrected chi connectivity index (χ1v) is 10.4. The molecule has 1 aromatic carbocycles. The Kier molecular flexibility index (Phi) is 5.04. The molecule has 2 heterocycles. The van der Waals surface area contributed by atoms with Gasteiger partial charge >= 0.3 is 0 Å². The van der Waals surface area contributed by atoms with Gasteiger partial charge in [0.05, 0.1) is 6.20 Å². The summed E-state index contributed by atoms with van der Waals surface area (Å²) in [6, 6.07) is 5.43. The number of likely N-dealkylation sites (tertiary alicyclic amines) is 1. The summed E-state index contributed by atoms with van der Waals surface area (Å²) in [4.78, 5) is 27.7. The second-order valence-electron chi connectivity index (χ2n) is 8.27. The Balaban J connectivity index is 1.47. The zero-order valence-electron chi connectivity index (χ0n) is 16.5. The van der Waals surface area contributed by atoms with E-state index in [0.29, 0.717) is 30.1 Å². The number of ketones is 1. The van der Waals surface area contributed by atoms with Crippen LogP contribution in [0.15, 0.2) is 24.4 Å². The van der Waals surface area contributed by atoms with E-state index in [-0.39, 0.29) is 17.1 Å². The lowest BCUT2D eigenvalue weighted by Gasteiger charge is -2.43. The lowest BCUT2D eigenvalue weighted by atomic mass is 9.67. The maximum atomic E-state index is 12.9. The molecule has 0 N–H and O–H groups in total. The van der Waals surface area contributed by atoms with Crippen LogP contribution >= 0.6 is 11.6 Å². The molecule has 2 aliphatic rings.